The van der Waals surface area contributed by atoms with Crippen molar-refractivity contribution >= 4 is 27.6 Å². The summed E-state index contributed by atoms with van der Waals surface area (Å²) in [5.74, 6) is -0.516. The quantitative estimate of drug-likeness (QED) is 0.510. The van der Waals surface area contributed by atoms with Crippen LogP contribution in [0.4, 0.5) is 20.7 Å². The van der Waals surface area contributed by atoms with Gasteiger partial charge in [0.15, 0.2) is 5.82 Å². The highest BCUT2D eigenvalue weighted by Crippen LogP contribution is 2.15. The van der Waals surface area contributed by atoms with E-state index in [1.807, 2.05) is 30.3 Å². The summed E-state index contributed by atoms with van der Waals surface area (Å²) < 4.78 is 41.7. The molecule has 1 heterocycles. The lowest BCUT2D eigenvalue weighted by Crippen LogP contribution is -2.34. The van der Waals surface area contributed by atoms with Crippen LogP contribution in [0.3, 0.4) is 0 Å². The number of amides is 2. The van der Waals surface area contributed by atoms with Crippen molar-refractivity contribution in [2.24, 2.45) is 0 Å². The van der Waals surface area contributed by atoms with Crippen molar-refractivity contribution in [3.63, 3.8) is 0 Å². The molecule has 1 aromatic heterocycles. The van der Waals surface area contributed by atoms with E-state index in [0.29, 0.717) is 17.9 Å². The van der Waals surface area contributed by atoms with Crippen LogP contribution in [-0.4, -0.2) is 36.5 Å². The van der Waals surface area contributed by atoms with E-state index in [-0.39, 0.29) is 18.0 Å². The number of anilines is 2. The number of halogens is 1. The Labute approximate surface area is 174 Å². The van der Waals surface area contributed by atoms with Gasteiger partial charge in [0.1, 0.15) is 5.82 Å². The molecule has 0 fully saturated rings. The molecule has 0 spiro atoms. The standard InChI is InChI=1S/C20H22FN5O3S/c1-15-7-8-17(13-18(15)21)25-30(28,29)12-10-22-20(27)23-19-9-11-26(24-19)14-16-5-3-2-4-6-16/h2-9,11,13,25H,10,12,14H2,1H3,(H2,22,23,24,27). The van der Waals surface area contributed by atoms with E-state index in [1.54, 1.807) is 23.9 Å². The minimum absolute atomic E-state index is 0.125. The second-order valence-electron chi connectivity index (χ2n) is 6.65. The number of nitrogens with zero attached hydrogens (tertiary/aromatic N) is 2. The molecule has 0 saturated heterocycles. The summed E-state index contributed by atoms with van der Waals surface area (Å²) in [6, 6.07) is 14.9. The SMILES string of the molecule is Cc1ccc(NS(=O)(=O)CCNC(=O)Nc2ccn(Cc3ccccc3)n2)cc1F. The fraction of sp³-hybridized carbons (Fsp3) is 0.200. The molecule has 0 saturated carbocycles. The van der Waals surface area contributed by atoms with Crippen LogP contribution in [-0.2, 0) is 16.6 Å². The van der Waals surface area contributed by atoms with Crippen LogP contribution in [0.5, 0.6) is 0 Å². The molecule has 3 aromatic rings. The fourth-order valence-electron chi connectivity index (χ4n) is 2.63. The van der Waals surface area contributed by atoms with Gasteiger partial charge in [-0.25, -0.2) is 17.6 Å². The lowest BCUT2D eigenvalue weighted by atomic mass is 10.2. The fourth-order valence-corrected chi connectivity index (χ4v) is 3.59. The van der Waals surface area contributed by atoms with Crippen LogP contribution >= 0.6 is 0 Å². The van der Waals surface area contributed by atoms with E-state index < -0.39 is 21.9 Å². The molecule has 0 atom stereocenters. The summed E-state index contributed by atoms with van der Waals surface area (Å²) in [7, 11) is -3.74. The van der Waals surface area contributed by atoms with Gasteiger partial charge in [0.25, 0.3) is 0 Å². The predicted octanol–water partition coefficient (Wildman–Crippen LogP) is 2.94. The first-order valence-electron chi connectivity index (χ1n) is 9.20. The Morgan fingerprint density at radius 1 is 1.13 bits per heavy atom. The molecule has 3 rings (SSSR count). The average molecular weight is 431 g/mol. The minimum Gasteiger partial charge on any atom is -0.337 e. The number of hydrogen-bond donors (Lipinski definition) is 3. The normalized spacial score (nSPS) is 11.1. The molecule has 0 unspecified atom stereocenters. The van der Waals surface area contributed by atoms with Crippen molar-refractivity contribution in [2.75, 3.05) is 22.3 Å². The van der Waals surface area contributed by atoms with Crippen LogP contribution in [0.2, 0.25) is 0 Å². The Morgan fingerprint density at radius 3 is 2.63 bits per heavy atom. The number of benzene rings is 2. The van der Waals surface area contributed by atoms with Crippen molar-refractivity contribution in [2.45, 2.75) is 13.5 Å². The molecule has 3 N–H and O–H groups in total. The first-order chi connectivity index (χ1) is 14.3. The third-order valence-electron chi connectivity index (χ3n) is 4.17. The van der Waals surface area contributed by atoms with Crippen molar-refractivity contribution in [1.82, 2.24) is 15.1 Å². The average Bonchev–Trinajstić information content (AvgIpc) is 3.11. The van der Waals surface area contributed by atoms with E-state index in [2.05, 4.69) is 20.5 Å². The minimum atomic E-state index is -3.74. The molecule has 0 aliphatic rings. The molecule has 2 aromatic carbocycles. The maximum absolute atomic E-state index is 13.5. The second kappa shape index (κ2) is 9.40. The second-order valence-corrected chi connectivity index (χ2v) is 8.49. The maximum atomic E-state index is 13.5. The number of carbonyl (C=O) groups is 1. The van der Waals surface area contributed by atoms with Gasteiger partial charge in [0.05, 0.1) is 18.0 Å². The summed E-state index contributed by atoms with van der Waals surface area (Å²) in [6.07, 6.45) is 1.73. The van der Waals surface area contributed by atoms with E-state index in [4.69, 9.17) is 0 Å². The predicted molar refractivity (Wildman–Crippen MR) is 113 cm³/mol. The van der Waals surface area contributed by atoms with Gasteiger partial charge in [0.2, 0.25) is 10.0 Å². The lowest BCUT2D eigenvalue weighted by molar-refractivity contribution is 0.252. The van der Waals surface area contributed by atoms with E-state index >= 15 is 0 Å². The molecule has 8 nitrogen and oxygen atoms in total. The zero-order valence-corrected chi connectivity index (χ0v) is 17.1. The van der Waals surface area contributed by atoms with Crippen LogP contribution in [0.15, 0.2) is 60.8 Å². The lowest BCUT2D eigenvalue weighted by Gasteiger charge is -2.10. The molecular weight excluding hydrogens is 409 g/mol. The highest BCUT2D eigenvalue weighted by molar-refractivity contribution is 7.92. The smallest absolute Gasteiger partial charge is 0.320 e. The van der Waals surface area contributed by atoms with E-state index in [0.717, 1.165) is 11.6 Å². The molecule has 10 heteroatoms. The van der Waals surface area contributed by atoms with Crippen LogP contribution in [0.1, 0.15) is 11.1 Å². The highest BCUT2D eigenvalue weighted by atomic mass is 32.2. The monoisotopic (exact) mass is 431 g/mol. The largest absolute Gasteiger partial charge is 0.337 e. The topological polar surface area (TPSA) is 105 Å². The zero-order valence-electron chi connectivity index (χ0n) is 16.3. The number of nitrogens with one attached hydrogen (secondary N) is 3. The third-order valence-corrected chi connectivity index (χ3v) is 5.46. The first-order valence-corrected chi connectivity index (χ1v) is 10.8. The molecule has 0 radical (unpaired) electrons. The van der Waals surface area contributed by atoms with Gasteiger partial charge in [-0.05, 0) is 30.2 Å². The van der Waals surface area contributed by atoms with Gasteiger partial charge < -0.3 is 5.32 Å². The number of hydrogen-bond acceptors (Lipinski definition) is 4. The van der Waals surface area contributed by atoms with Gasteiger partial charge in [-0.2, -0.15) is 5.10 Å². The molecule has 0 aliphatic heterocycles. The van der Waals surface area contributed by atoms with E-state index in [1.165, 1.54) is 12.1 Å². The first kappa shape index (κ1) is 21.3. The maximum Gasteiger partial charge on any atom is 0.320 e. The molecule has 2 amide bonds. The number of sulfonamides is 1. The Balaban J connectivity index is 1.44. The van der Waals surface area contributed by atoms with Gasteiger partial charge in [0, 0.05) is 18.8 Å². The van der Waals surface area contributed by atoms with Crippen LogP contribution < -0.4 is 15.4 Å². The van der Waals surface area contributed by atoms with Crippen molar-refractivity contribution < 1.29 is 17.6 Å². The Morgan fingerprint density at radius 2 is 1.90 bits per heavy atom. The summed E-state index contributed by atoms with van der Waals surface area (Å²) in [5, 5.41) is 9.26. The van der Waals surface area contributed by atoms with E-state index in [9.17, 15) is 17.6 Å². The summed E-state index contributed by atoms with van der Waals surface area (Å²) in [6.45, 7) is 2.02. The molecular formula is C20H22FN5O3S. The Hall–Kier alpha value is -3.40. The number of aromatic nitrogens is 2. The summed E-state index contributed by atoms with van der Waals surface area (Å²) >= 11 is 0. The summed E-state index contributed by atoms with van der Waals surface area (Å²) in [4.78, 5) is 12.0. The number of urea groups is 1. The Bertz CT molecular complexity index is 1120. The van der Waals surface area contributed by atoms with Gasteiger partial charge in [-0.3, -0.25) is 14.7 Å². The van der Waals surface area contributed by atoms with Crippen LogP contribution in [0, 0.1) is 12.7 Å². The number of rotatable bonds is 8. The van der Waals surface area contributed by atoms with Crippen LogP contribution in [0.25, 0.3) is 0 Å². The number of aryl methyl sites for hydroxylation is 1. The highest BCUT2D eigenvalue weighted by Gasteiger charge is 2.13. The molecule has 0 aliphatic carbocycles. The molecule has 158 valence electrons. The van der Waals surface area contributed by atoms with Crippen molar-refractivity contribution in [1.29, 1.82) is 0 Å². The third kappa shape index (κ3) is 6.31. The summed E-state index contributed by atoms with van der Waals surface area (Å²) in [5.41, 5.74) is 1.62. The van der Waals surface area contributed by atoms with Crippen molar-refractivity contribution in [3.8, 4) is 0 Å². The zero-order chi connectivity index (χ0) is 21.6. The van der Waals surface area contributed by atoms with Gasteiger partial charge >= 0.3 is 6.03 Å². The molecule has 0 bridgehead atoms. The van der Waals surface area contributed by atoms with Gasteiger partial charge in [-0.15, -0.1) is 0 Å². The van der Waals surface area contributed by atoms with Crippen molar-refractivity contribution in [3.05, 3.63) is 77.7 Å². The molecule has 30 heavy (non-hydrogen) atoms. The number of carbonyl (C=O) groups excluding carboxylic acids is 1. The Kier molecular flexibility index (Phi) is 6.68. The van der Waals surface area contributed by atoms with Gasteiger partial charge in [-0.1, -0.05) is 36.4 Å².